The van der Waals surface area contributed by atoms with Crippen molar-refractivity contribution in [3.8, 4) is 11.5 Å². The van der Waals surface area contributed by atoms with E-state index in [0.29, 0.717) is 18.0 Å². The fourth-order valence-corrected chi connectivity index (χ4v) is 2.22. The van der Waals surface area contributed by atoms with Gasteiger partial charge in [0.1, 0.15) is 11.5 Å². The molecule has 19 heavy (non-hydrogen) atoms. The molecule has 0 saturated heterocycles. The van der Waals surface area contributed by atoms with Gasteiger partial charge >= 0.3 is 6.92 Å². The van der Waals surface area contributed by atoms with Crippen molar-refractivity contribution in [1.82, 2.24) is 0 Å². The lowest BCUT2D eigenvalue weighted by molar-refractivity contribution is 0.333. The summed E-state index contributed by atoms with van der Waals surface area (Å²) in [6.45, 7) is 9.84. The van der Waals surface area contributed by atoms with Crippen molar-refractivity contribution in [1.29, 1.82) is 0 Å². The molecule has 4 heteroatoms. The van der Waals surface area contributed by atoms with Crippen molar-refractivity contribution in [2.75, 3.05) is 0 Å². The molecule has 0 N–H and O–H groups in total. The van der Waals surface area contributed by atoms with Crippen LogP contribution in [0, 0.1) is 6.57 Å². The monoisotopic (exact) mass is 249 g/mol. The van der Waals surface area contributed by atoms with Gasteiger partial charge in [-0.1, -0.05) is 25.0 Å². The lowest BCUT2D eigenvalue weighted by Crippen LogP contribution is -2.23. The Morgan fingerprint density at radius 2 is 2.05 bits per heavy atom. The fourth-order valence-electron chi connectivity index (χ4n) is 2.22. The van der Waals surface area contributed by atoms with Gasteiger partial charge in [-0.25, -0.2) is 4.85 Å². The Kier molecular flexibility index (Phi) is 2.98. The molecule has 0 fully saturated rings. The van der Waals surface area contributed by atoms with Crippen LogP contribution in [0.1, 0.15) is 5.56 Å². The Bertz CT molecular complexity index is 663. The topological polar surface area (TPSA) is 22.8 Å². The average Bonchev–Trinajstić information content (AvgIpc) is 2.80. The van der Waals surface area contributed by atoms with E-state index >= 15 is 0 Å². The van der Waals surface area contributed by atoms with Gasteiger partial charge in [-0.2, -0.15) is 0 Å². The van der Waals surface area contributed by atoms with E-state index < -0.39 is 0 Å². The summed E-state index contributed by atoms with van der Waals surface area (Å²) in [4.78, 5) is 3.39. The van der Waals surface area contributed by atoms with Gasteiger partial charge in [0.2, 0.25) is 0 Å². The number of ether oxygens (including phenoxy) is 1. The number of benzene rings is 2. The van der Waals surface area contributed by atoms with Crippen molar-refractivity contribution < 1.29 is 9.39 Å². The van der Waals surface area contributed by atoms with E-state index in [1.807, 2.05) is 37.2 Å². The van der Waals surface area contributed by atoms with Gasteiger partial charge in [0.25, 0.3) is 0 Å². The van der Waals surface area contributed by atoms with Crippen LogP contribution >= 0.6 is 0 Å². The van der Waals surface area contributed by atoms with Crippen molar-refractivity contribution in [2.45, 2.75) is 13.4 Å². The molecule has 0 atom stereocenters. The van der Waals surface area contributed by atoms with Crippen molar-refractivity contribution in [2.24, 2.45) is 0 Å². The highest BCUT2D eigenvalue weighted by Gasteiger charge is 2.23. The molecule has 0 aromatic heterocycles. The Hall–Kier alpha value is -2.25. The number of hydrogen-bond acceptors (Lipinski definition) is 2. The molecule has 3 nitrogen and oxygen atoms in total. The van der Waals surface area contributed by atoms with Gasteiger partial charge in [-0.15, -0.1) is 0 Å². The van der Waals surface area contributed by atoms with Crippen LogP contribution in [0.4, 0.5) is 5.69 Å². The normalized spacial score (nSPS) is 12.9. The molecular weight excluding hydrogens is 237 g/mol. The maximum Gasteiger partial charge on any atom is 0.324 e. The first-order valence-corrected chi connectivity index (χ1v) is 6.16. The zero-order valence-corrected chi connectivity index (χ0v) is 10.6. The zero-order chi connectivity index (χ0) is 13.2. The summed E-state index contributed by atoms with van der Waals surface area (Å²) in [6.07, 6.45) is 0. The summed E-state index contributed by atoms with van der Waals surface area (Å²) in [5.74, 6) is 1.46. The van der Waals surface area contributed by atoms with Crippen molar-refractivity contribution in [3.63, 3.8) is 0 Å². The van der Waals surface area contributed by atoms with Crippen LogP contribution in [0.15, 0.2) is 42.5 Å². The number of hydrogen-bond donors (Lipinski definition) is 0. The second kappa shape index (κ2) is 4.79. The molecule has 1 aliphatic rings. The molecule has 0 radical (unpaired) electrons. The van der Waals surface area contributed by atoms with Gasteiger partial charge in [0.05, 0.1) is 13.2 Å². The molecule has 1 aliphatic heterocycles. The van der Waals surface area contributed by atoms with Crippen LogP contribution in [0.25, 0.3) is 4.85 Å². The van der Waals surface area contributed by atoms with Gasteiger partial charge in [-0.3, -0.25) is 0 Å². The van der Waals surface area contributed by atoms with E-state index in [9.17, 15) is 0 Å². The standard InChI is InChI=1S/C15H12BNO2/c1-16-15-7-6-14(8-11(15)10-18-16)19-13-5-3-4-12(9-13)17-2/h3-9H,10H2,1H3. The second-order valence-electron chi connectivity index (χ2n) is 4.53. The highest BCUT2D eigenvalue weighted by Crippen LogP contribution is 2.26. The summed E-state index contributed by atoms with van der Waals surface area (Å²) in [5, 5.41) is 0. The number of fused-ring (bicyclic) bond motifs is 1. The predicted octanol–water partition coefficient (Wildman–Crippen LogP) is 3.39. The lowest BCUT2D eigenvalue weighted by atomic mass is 9.64. The Balaban J connectivity index is 1.86. The molecule has 2 aromatic rings. The van der Waals surface area contributed by atoms with Crippen molar-refractivity contribution in [3.05, 3.63) is 59.4 Å². The maximum atomic E-state index is 7.00. The minimum atomic E-state index is 0.162. The van der Waals surface area contributed by atoms with Crippen LogP contribution in [0.5, 0.6) is 11.5 Å². The largest absolute Gasteiger partial charge is 0.459 e. The Labute approximate surface area is 112 Å². The lowest BCUT2D eigenvalue weighted by Gasteiger charge is -2.08. The zero-order valence-electron chi connectivity index (χ0n) is 10.6. The smallest absolute Gasteiger partial charge is 0.324 e. The molecule has 0 spiro atoms. The minimum Gasteiger partial charge on any atom is -0.459 e. The summed E-state index contributed by atoms with van der Waals surface area (Å²) in [5.41, 5.74) is 2.98. The van der Waals surface area contributed by atoms with E-state index in [1.54, 1.807) is 12.1 Å². The van der Waals surface area contributed by atoms with Crippen LogP contribution in [0.3, 0.4) is 0 Å². The van der Waals surface area contributed by atoms with E-state index in [-0.39, 0.29) is 6.92 Å². The first-order chi connectivity index (χ1) is 9.26. The SMILES string of the molecule is [C-]#[N+]c1cccc(Oc2ccc3c(c2)COB3C)c1. The molecule has 0 saturated carbocycles. The molecule has 0 unspecified atom stereocenters. The second-order valence-corrected chi connectivity index (χ2v) is 4.53. The molecule has 1 heterocycles. The fraction of sp³-hybridized carbons (Fsp3) is 0.133. The molecule has 0 amide bonds. The van der Waals surface area contributed by atoms with Crippen LogP contribution in [-0.2, 0) is 11.3 Å². The minimum absolute atomic E-state index is 0.162. The molecular formula is C15H12BNO2. The van der Waals surface area contributed by atoms with Gasteiger partial charge < -0.3 is 9.39 Å². The first-order valence-electron chi connectivity index (χ1n) is 6.16. The molecule has 0 aliphatic carbocycles. The Morgan fingerprint density at radius 1 is 1.21 bits per heavy atom. The highest BCUT2D eigenvalue weighted by atomic mass is 16.5. The highest BCUT2D eigenvalue weighted by molar-refractivity contribution is 6.67. The van der Waals surface area contributed by atoms with E-state index in [0.717, 1.165) is 5.75 Å². The van der Waals surface area contributed by atoms with Crippen LogP contribution in [0.2, 0.25) is 6.82 Å². The van der Waals surface area contributed by atoms with Crippen LogP contribution in [-0.4, -0.2) is 6.92 Å². The quantitative estimate of drug-likeness (QED) is 0.601. The van der Waals surface area contributed by atoms with Crippen molar-refractivity contribution >= 4 is 18.1 Å². The van der Waals surface area contributed by atoms with Crippen LogP contribution < -0.4 is 10.2 Å². The number of nitrogens with zero attached hydrogens (tertiary/aromatic N) is 1. The summed E-state index contributed by atoms with van der Waals surface area (Å²) < 4.78 is 11.4. The summed E-state index contributed by atoms with van der Waals surface area (Å²) in [6, 6.07) is 13.2. The van der Waals surface area contributed by atoms with E-state index in [1.165, 1.54) is 11.0 Å². The van der Waals surface area contributed by atoms with Gasteiger partial charge in [0, 0.05) is 0 Å². The maximum absolute atomic E-state index is 7.00. The summed E-state index contributed by atoms with van der Waals surface area (Å²) >= 11 is 0. The Morgan fingerprint density at radius 3 is 2.89 bits per heavy atom. The molecule has 3 rings (SSSR count). The third-order valence-electron chi connectivity index (χ3n) is 3.22. The number of rotatable bonds is 2. The average molecular weight is 249 g/mol. The molecule has 92 valence electrons. The van der Waals surface area contributed by atoms with E-state index in [2.05, 4.69) is 4.85 Å². The third kappa shape index (κ3) is 2.33. The molecule has 2 aromatic carbocycles. The first kappa shape index (κ1) is 11.8. The molecule has 0 bridgehead atoms. The summed E-state index contributed by atoms with van der Waals surface area (Å²) in [7, 11) is 0. The van der Waals surface area contributed by atoms with Gasteiger partial charge in [0.15, 0.2) is 5.69 Å². The third-order valence-corrected chi connectivity index (χ3v) is 3.22. The van der Waals surface area contributed by atoms with Gasteiger partial charge in [-0.05, 0) is 35.3 Å². The predicted molar refractivity (Wildman–Crippen MR) is 75.3 cm³/mol. The van der Waals surface area contributed by atoms with E-state index in [4.69, 9.17) is 16.0 Å².